The fraction of sp³-hybridized carbons (Fsp3) is 0.643. The average molecular weight is 345 g/mol. The van der Waals surface area contributed by atoms with Crippen LogP contribution >= 0.6 is 11.3 Å². The van der Waals surface area contributed by atoms with E-state index in [4.69, 9.17) is 0 Å². The lowest BCUT2D eigenvalue weighted by atomic mass is 10.2. The second-order valence-corrected chi connectivity index (χ2v) is 8.56. The van der Waals surface area contributed by atoms with E-state index in [9.17, 15) is 13.2 Å². The van der Waals surface area contributed by atoms with Crippen LogP contribution in [0.4, 0.5) is 0 Å². The van der Waals surface area contributed by atoms with Gasteiger partial charge in [0, 0.05) is 24.5 Å². The molecule has 1 aliphatic rings. The molecule has 1 aromatic heterocycles. The molecule has 1 aromatic rings. The highest BCUT2D eigenvalue weighted by Gasteiger charge is 2.22. The Morgan fingerprint density at radius 1 is 1.36 bits per heavy atom. The number of sulfonamides is 1. The van der Waals surface area contributed by atoms with E-state index in [-0.39, 0.29) is 11.9 Å². The first-order valence-electron chi connectivity index (χ1n) is 7.36. The highest BCUT2D eigenvalue weighted by molar-refractivity contribution is 7.88. The van der Waals surface area contributed by atoms with Gasteiger partial charge in [-0.2, -0.15) is 0 Å². The van der Waals surface area contributed by atoms with E-state index in [1.54, 1.807) is 11.3 Å². The maximum Gasteiger partial charge on any atom is 0.234 e. The molecule has 6 nitrogen and oxygen atoms in total. The highest BCUT2D eigenvalue weighted by atomic mass is 32.2. The lowest BCUT2D eigenvalue weighted by molar-refractivity contribution is -0.122. The molecule has 1 N–H and O–H groups in total. The summed E-state index contributed by atoms with van der Waals surface area (Å²) in [6.07, 6.45) is 1.99. The van der Waals surface area contributed by atoms with Gasteiger partial charge in [0.05, 0.1) is 18.8 Å². The molecular weight excluding hydrogens is 322 g/mol. The summed E-state index contributed by atoms with van der Waals surface area (Å²) in [5.74, 6) is -0.0197. The lowest BCUT2D eigenvalue weighted by Gasteiger charge is -2.21. The van der Waals surface area contributed by atoms with Gasteiger partial charge >= 0.3 is 0 Å². The van der Waals surface area contributed by atoms with E-state index in [0.717, 1.165) is 17.8 Å². The fourth-order valence-corrected chi connectivity index (χ4v) is 4.14. The summed E-state index contributed by atoms with van der Waals surface area (Å²) in [7, 11) is -3.14. The zero-order valence-corrected chi connectivity index (χ0v) is 14.6. The largest absolute Gasteiger partial charge is 0.348 e. The van der Waals surface area contributed by atoms with Crippen molar-refractivity contribution < 1.29 is 13.2 Å². The molecule has 0 aliphatic carbocycles. The zero-order valence-electron chi connectivity index (χ0n) is 13.0. The minimum Gasteiger partial charge on any atom is -0.348 e. The molecule has 0 spiro atoms. The van der Waals surface area contributed by atoms with Crippen molar-refractivity contribution in [2.24, 2.45) is 0 Å². The van der Waals surface area contributed by atoms with E-state index in [0.29, 0.717) is 26.2 Å². The third-order valence-corrected chi connectivity index (χ3v) is 6.09. The number of amides is 1. The maximum absolute atomic E-state index is 12.1. The van der Waals surface area contributed by atoms with E-state index in [1.807, 2.05) is 29.3 Å². The SMILES string of the molecule is CC(NC(=O)CN1CCCN(S(C)(=O)=O)CC1)c1cccs1. The Morgan fingerprint density at radius 2 is 2.14 bits per heavy atom. The molecule has 1 atom stereocenters. The Morgan fingerprint density at radius 3 is 2.77 bits per heavy atom. The van der Waals surface area contributed by atoms with Crippen LogP contribution in [0.2, 0.25) is 0 Å². The molecule has 1 aliphatic heterocycles. The van der Waals surface area contributed by atoms with Crippen LogP contribution < -0.4 is 5.32 Å². The molecule has 1 saturated heterocycles. The molecule has 0 aromatic carbocycles. The minimum absolute atomic E-state index is 0.00648. The number of thiophene rings is 1. The van der Waals surface area contributed by atoms with Crippen molar-refractivity contribution in [3.05, 3.63) is 22.4 Å². The first-order chi connectivity index (χ1) is 10.4. The van der Waals surface area contributed by atoms with Gasteiger partial charge in [0.25, 0.3) is 0 Å². The summed E-state index contributed by atoms with van der Waals surface area (Å²) in [6.45, 7) is 4.60. The Balaban J connectivity index is 1.82. The standard InChI is InChI=1S/C14H23N3O3S2/c1-12(13-5-3-10-21-13)15-14(18)11-16-6-4-7-17(9-8-16)22(2,19)20/h3,5,10,12H,4,6-9,11H2,1-2H3,(H,15,18). The monoisotopic (exact) mass is 345 g/mol. The third kappa shape index (κ3) is 5.05. The van der Waals surface area contributed by atoms with Crippen LogP contribution in [0.3, 0.4) is 0 Å². The van der Waals surface area contributed by atoms with Gasteiger partial charge < -0.3 is 5.32 Å². The van der Waals surface area contributed by atoms with Crippen molar-refractivity contribution in [1.82, 2.24) is 14.5 Å². The number of nitrogens with zero attached hydrogens (tertiary/aromatic N) is 2. The molecule has 2 rings (SSSR count). The van der Waals surface area contributed by atoms with Crippen molar-refractivity contribution in [1.29, 1.82) is 0 Å². The van der Waals surface area contributed by atoms with Gasteiger partial charge in [-0.15, -0.1) is 11.3 Å². The molecule has 124 valence electrons. The highest BCUT2D eigenvalue weighted by Crippen LogP contribution is 2.18. The zero-order chi connectivity index (χ0) is 16.2. The second-order valence-electron chi connectivity index (χ2n) is 5.60. The lowest BCUT2D eigenvalue weighted by Crippen LogP contribution is -2.40. The van der Waals surface area contributed by atoms with Gasteiger partial charge in [-0.05, 0) is 31.3 Å². The van der Waals surface area contributed by atoms with Crippen molar-refractivity contribution in [3.63, 3.8) is 0 Å². The van der Waals surface area contributed by atoms with Crippen LogP contribution in [0.5, 0.6) is 0 Å². The van der Waals surface area contributed by atoms with Crippen LogP contribution in [0.1, 0.15) is 24.3 Å². The van der Waals surface area contributed by atoms with Crippen LogP contribution in [0.15, 0.2) is 17.5 Å². The minimum atomic E-state index is -3.14. The summed E-state index contributed by atoms with van der Waals surface area (Å²) < 4.78 is 24.6. The molecule has 1 unspecified atom stereocenters. The number of nitrogens with one attached hydrogen (secondary N) is 1. The predicted molar refractivity (Wildman–Crippen MR) is 88.4 cm³/mol. The van der Waals surface area contributed by atoms with E-state index >= 15 is 0 Å². The average Bonchev–Trinajstić information content (AvgIpc) is 2.85. The van der Waals surface area contributed by atoms with Gasteiger partial charge in [0.15, 0.2) is 0 Å². The number of rotatable bonds is 5. The molecule has 0 saturated carbocycles. The van der Waals surface area contributed by atoms with Gasteiger partial charge in [-0.1, -0.05) is 6.07 Å². The normalized spacial score (nSPS) is 19.5. The quantitative estimate of drug-likeness (QED) is 0.861. The summed E-state index contributed by atoms with van der Waals surface area (Å²) in [4.78, 5) is 15.3. The Labute approximate surface area is 136 Å². The summed E-state index contributed by atoms with van der Waals surface area (Å²) in [6, 6.07) is 3.98. The smallest absolute Gasteiger partial charge is 0.234 e. The van der Waals surface area contributed by atoms with Crippen molar-refractivity contribution in [3.8, 4) is 0 Å². The molecule has 22 heavy (non-hydrogen) atoms. The molecule has 8 heteroatoms. The Bertz CT molecular complexity index is 586. The number of hydrogen-bond acceptors (Lipinski definition) is 5. The Hall–Kier alpha value is -0.960. The van der Waals surface area contributed by atoms with Gasteiger partial charge in [0.1, 0.15) is 0 Å². The van der Waals surface area contributed by atoms with Crippen LogP contribution in [0.25, 0.3) is 0 Å². The molecule has 0 bridgehead atoms. The summed E-state index contributed by atoms with van der Waals surface area (Å²) >= 11 is 1.62. The topological polar surface area (TPSA) is 69.7 Å². The van der Waals surface area contributed by atoms with Crippen LogP contribution in [0, 0.1) is 0 Å². The van der Waals surface area contributed by atoms with Crippen molar-refractivity contribution in [2.75, 3.05) is 39.0 Å². The fourth-order valence-electron chi connectivity index (χ4n) is 2.54. The molecule has 2 heterocycles. The van der Waals surface area contributed by atoms with E-state index in [1.165, 1.54) is 10.6 Å². The van der Waals surface area contributed by atoms with Gasteiger partial charge in [-0.3, -0.25) is 9.69 Å². The predicted octanol–water partition coefficient (Wildman–Crippen LogP) is 0.893. The molecule has 1 amide bonds. The van der Waals surface area contributed by atoms with Crippen LogP contribution in [-0.4, -0.2) is 62.5 Å². The number of carbonyl (C=O) groups is 1. The van der Waals surface area contributed by atoms with Crippen molar-refractivity contribution >= 4 is 27.3 Å². The maximum atomic E-state index is 12.1. The molecule has 0 radical (unpaired) electrons. The van der Waals surface area contributed by atoms with Crippen molar-refractivity contribution in [2.45, 2.75) is 19.4 Å². The van der Waals surface area contributed by atoms with Gasteiger partial charge in [-0.25, -0.2) is 12.7 Å². The second kappa shape index (κ2) is 7.54. The number of hydrogen-bond donors (Lipinski definition) is 1. The summed E-state index contributed by atoms with van der Waals surface area (Å²) in [5, 5.41) is 4.98. The van der Waals surface area contributed by atoms with E-state index in [2.05, 4.69) is 5.32 Å². The van der Waals surface area contributed by atoms with Crippen LogP contribution in [-0.2, 0) is 14.8 Å². The first-order valence-corrected chi connectivity index (χ1v) is 10.1. The number of carbonyl (C=O) groups excluding carboxylic acids is 1. The third-order valence-electron chi connectivity index (χ3n) is 3.73. The van der Waals surface area contributed by atoms with Gasteiger partial charge in [0.2, 0.25) is 15.9 Å². The van der Waals surface area contributed by atoms with E-state index < -0.39 is 10.0 Å². The molecule has 1 fully saturated rings. The summed E-state index contributed by atoms with van der Waals surface area (Å²) in [5.41, 5.74) is 0. The molecular formula is C14H23N3O3S2. The first kappa shape index (κ1) is 17.4. The Kier molecular flexibility index (Phi) is 5.96.